The van der Waals surface area contributed by atoms with Crippen LogP contribution in [0.1, 0.15) is 39.7 Å². The van der Waals surface area contributed by atoms with E-state index in [1.165, 1.54) is 0 Å². The smallest absolute Gasteiger partial charge is 0.180 e. The molecule has 114 valence electrons. The van der Waals surface area contributed by atoms with Crippen LogP contribution in [-0.4, -0.2) is 26.8 Å². The van der Waals surface area contributed by atoms with E-state index < -0.39 is 9.84 Å². The van der Waals surface area contributed by atoms with Crippen LogP contribution in [0, 0.1) is 12.3 Å². The molecule has 0 amide bonds. The average Bonchev–Trinajstić information content (AvgIpc) is 2.33. The van der Waals surface area contributed by atoms with Gasteiger partial charge >= 0.3 is 0 Å². The van der Waals surface area contributed by atoms with Gasteiger partial charge in [-0.05, 0) is 36.9 Å². The molecule has 0 spiro atoms. The minimum Gasteiger partial charge on any atom is -0.312 e. The second kappa shape index (κ2) is 6.72. The van der Waals surface area contributed by atoms with Crippen LogP contribution < -0.4 is 5.32 Å². The second-order valence-corrected chi connectivity index (χ2v) is 8.42. The Morgan fingerprint density at radius 2 is 1.80 bits per heavy atom. The largest absolute Gasteiger partial charge is 0.312 e. The fourth-order valence-corrected chi connectivity index (χ4v) is 4.23. The van der Waals surface area contributed by atoms with Crippen molar-refractivity contribution in [3.05, 3.63) is 29.8 Å². The van der Waals surface area contributed by atoms with Gasteiger partial charge in [0.25, 0.3) is 0 Å². The molecule has 0 radical (unpaired) electrons. The zero-order valence-electron chi connectivity index (χ0n) is 13.2. The Hall–Kier alpha value is -0.870. The number of hydrogen-bond acceptors (Lipinski definition) is 3. The summed E-state index contributed by atoms with van der Waals surface area (Å²) in [4.78, 5) is 0.451. The van der Waals surface area contributed by atoms with Gasteiger partial charge in [0, 0.05) is 6.04 Å². The van der Waals surface area contributed by atoms with E-state index >= 15 is 0 Å². The molecule has 1 aromatic carbocycles. The van der Waals surface area contributed by atoms with Crippen LogP contribution in [0.5, 0.6) is 0 Å². The summed E-state index contributed by atoms with van der Waals surface area (Å²) in [5.41, 5.74) is 0.723. The quantitative estimate of drug-likeness (QED) is 0.877. The molecule has 4 heteroatoms. The Labute approximate surface area is 123 Å². The summed E-state index contributed by atoms with van der Waals surface area (Å²) in [6, 6.07) is 7.14. The van der Waals surface area contributed by atoms with Crippen LogP contribution in [0.3, 0.4) is 0 Å². The SMILES string of the molecule is CCCNC(CS(=O)(=O)c1ccccc1C)C(C)(C)C. The first-order valence-corrected chi connectivity index (χ1v) is 8.85. The molecule has 1 N–H and O–H groups in total. The highest BCUT2D eigenvalue weighted by Crippen LogP contribution is 2.24. The first-order chi connectivity index (χ1) is 9.18. The van der Waals surface area contributed by atoms with E-state index in [0.717, 1.165) is 18.5 Å². The minimum absolute atomic E-state index is 0.0490. The van der Waals surface area contributed by atoms with Crippen molar-refractivity contribution in [2.75, 3.05) is 12.3 Å². The number of hydrogen-bond donors (Lipinski definition) is 1. The molecule has 0 aromatic heterocycles. The van der Waals surface area contributed by atoms with Crippen LogP contribution in [0.25, 0.3) is 0 Å². The minimum atomic E-state index is -3.27. The van der Waals surface area contributed by atoms with E-state index in [0.29, 0.717) is 4.90 Å². The van der Waals surface area contributed by atoms with Gasteiger partial charge in [0.2, 0.25) is 0 Å². The van der Waals surface area contributed by atoms with Gasteiger partial charge < -0.3 is 5.32 Å². The van der Waals surface area contributed by atoms with E-state index in [2.05, 4.69) is 33.0 Å². The van der Waals surface area contributed by atoms with E-state index in [1.54, 1.807) is 12.1 Å². The summed E-state index contributed by atoms with van der Waals surface area (Å²) in [5, 5.41) is 3.38. The summed E-state index contributed by atoms with van der Waals surface area (Å²) in [6.07, 6.45) is 0.997. The predicted octanol–water partition coefficient (Wildman–Crippen LogP) is 3.18. The molecule has 0 saturated heterocycles. The summed E-state index contributed by atoms with van der Waals surface area (Å²) in [7, 11) is -3.27. The maximum atomic E-state index is 12.6. The molecule has 3 nitrogen and oxygen atoms in total. The van der Waals surface area contributed by atoms with Crippen LogP contribution >= 0.6 is 0 Å². The third-order valence-corrected chi connectivity index (χ3v) is 5.40. The third kappa shape index (κ3) is 4.60. The zero-order chi connectivity index (χ0) is 15.4. The first-order valence-electron chi connectivity index (χ1n) is 7.20. The maximum Gasteiger partial charge on any atom is 0.180 e. The molecular formula is C16H27NO2S. The molecule has 1 aromatic rings. The van der Waals surface area contributed by atoms with Gasteiger partial charge in [-0.1, -0.05) is 45.9 Å². The molecule has 0 saturated carbocycles. The van der Waals surface area contributed by atoms with Gasteiger partial charge in [0.15, 0.2) is 9.84 Å². The van der Waals surface area contributed by atoms with Gasteiger partial charge in [-0.15, -0.1) is 0 Å². The molecule has 0 fully saturated rings. The number of benzene rings is 1. The van der Waals surface area contributed by atoms with Gasteiger partial charge in [0.1, 0.15) is 0 Å². The van der Waals surface area contributed by atoms with Crippen molar-refractivity contribution in [2.24, 2.45) is 5.41 Å². The van der Waals surface area contributed by atoms with Crippen molar-refractivity contribution < 1.29 is 8.42 Å². The van der Waals surface area contributed by atoms with Gasteiger partial charge in [-0.25, -0.2) is 8.42 Å². The van der Waals surface area contributed by atoms with Crippen LogP contribution in [0.4, 0.5) is 0 Å². The highest BCUT2D eigenvalue weighted by atomic mass is 32.2. The summed E-state index contributed by atoms with van der Waals surface area (Å²) < 4.78 is 25.3. The molecule has 0 bridgehead atoms. The van der Waals surface area contributed by atoms with E-state index in [1.807, 2.05) is 19.1 Å². The third-order valence-electron chi connectivity index (χ3n) is 3.50. The standard InChI is InChI=1S/C16H27NO2S/c1-6-11-17-15(16(3,4)5)12-20(18,19)14-10-8-7-9-13(14)2/h7-10,15,17H,6,11-12H2,1-5H3. The lowest BCUT2D eigenvalue weighted by Crippen LogP contribution is -2.45. The Bertz CT molecular complexity index is 530. The second-order valence-electron chi connectivity index (χ2n) is 6.42. The molecule has 20 heavy (non-hydrogen) atoms. The highest BCUT2D eigenvalue weighted by molar-refractivity contribution is 7.91. The van der Waals surface area contributed by atoms with Crippen LogP contribution in [0.15, 0.2) is 29.2 Å². The highest BCUT2D eigenvalue weighted by Gasteiger charge is 2.30. The summed E-state index contributed by atoms with van der Waals surface area (Å²) >= 11 is 0. The van der Waals surface area contributed by atoms with E-state index in [4.69, 9.17) is 0 Å². The molecule has 1 rings (SSSR count). The summed E-state index contributed by atoms with van der Waals surface area (Å²) in [6.45, 7) is 11.0. The topological polar surface area (TPSA) is 46.2 Å². The van der Waals surface area contributed by atoms with Crippen molar-refractivity contribution in [2.45, 2.75) is 52.0 Å². The molecule has 1 unspecified atom stereocenters. The number of aryl methyl sites for hydroxylation is 1. The fraction of sp³-hybridized carbons (Fsp3) is 0.625. The fourth-order valence-electron chi connectivity index (χ4n) is 2.15. The van der Waals surface area contributed by atoms with Crippen LogP contribution in [-0.2, 0) is 9.84 Å². The monoisotopic (exact) mass is 297 g/mol. The average molecular weight is 297 g/mol. The lowest BCUT2D eigenvalue weighted by Gasteiger charge is -2.31. The first kappa shape index (κ1) is 17.2. The number of nitrogens with one attached hydrogen (secondary N) is 1. The Morgan fingerprint density at radius 3 is 2.30 bits per heavy atom. The van der Waals surface area contributed by atoms with E-state index in [9.17, 15) is 8.42 Å². The normalized spacial score (nSPS) is 14.2. The van der Waals surface area contributed by atoms with Gasteiger partial charge in [-0.3, -0.25) is 0 Å². The molecule has 0 aliphatic heterocycles. The lowest BCUT2D eigenvalue weighted by molar-refractivity contribution is 0.288. The Kier molecular flexibility index (Phi) is 5.78. The number of sulfone groups is 1. The van der Waals surface area contributed by atoms with Crippen molar-refractivity contribution in [1.29, 1.82) is 0 Å². The van der Waals surface area contributed by atoms with Crippen molar-refractivity contribution in [3.63, 3.8) is 0 Å². The van der Waals surface area contributed by atoms with E-state index in [-0.39, 0.29) is 17.2 Å². The molecule has 0 heterocycles. The molecular weight excluding hydrogens is 270 g/mol. The number of rotatable bonds is 6. The molecule has 0 aliphatic carbocycles. The van der Waals surface area contributed by atoms with Crippen LogP contribution in [0.2, 0.25) is 0 Å². The van der Waals surface area contributed by atoms with Crippen molar-refractivity contribution >= 4 is 9.84 Å². The molecule has 1 atom stereocenters. The van der Waals surface area contributed by atoms with Gasteiger partial charge in [-0.2, -0.15) is 0 Å². The molecule has 0 aliphatic rings. The Morgan fingerprint density at radius 1 is 1.20 bits per heavy atom. The predicted molar refractivity (Wildman–Crippen MR) is 84.8 cm³/mol. The Balaban J connectivity index is 3.01. The van der Waals surface area contributed by atoms with Crippen molar-refractivity contribution in [1.82, 2.24) is 5.32 Å². The maximum absolute atomic E-state index is 12.6. The van der Waals surface area contributed by atoms with Gasteiger partial charge in [0.05, 0.1) is 10.6 Å². The zero-order valence-corrected chi connectivity index (χ0v) is 14.0. The lowest BCUT2D eigenvalue weighted by atomic mass is 9.88. The van der Waals surface area contributed by atoms with Crippen molar-refractivity contribution in [3.8, 4) is 0 Å². The summed E-state index contributed by atoms with van der Waals surface area (Å²) in [5.74, 6) is 0.140.